The first-order chi connectivity index (χ1) is 9.19. The zero-order valence-corrected chi connectivity index (χ0v) is 11.1. The summed E-state index contributed by atoms with van der Waals surface area (Å²) in [4.78, 5) is 25.4. The highest BCUT2D eigenvalue weighted by atomic mass is 16.5. The van der Waals surface area contributed by atoms with E-state index in [1.165, 1.54) is 14.2 Å². The van der Waals surface area contributed by atoms with Crippen LogP contribution in [0.3, 0.4) is 0 Å². The van der Waals surface area contributed by atoms with Crippen molar-refractivity contribution in [3.05, 3.63) is 29.3 Å². The summed E-state index contributed by atoms with van der Waals surface area (Å²) in [6.07, 6.45) is 1.60. The minimum atomic E-state index is -0.363. The van der Waals surface area contributed by atoms with Crippen LogP contribution in [0.4, 0.5) is 5.69 Å². The third-order valence-electron chi connectivity index (χ3n) is 3.22. The molecule has 0 radical (unpaired) electrons. The van der Waals surface area contributed by atoms with Gasteiger partial charge in [0.15, 0.2) is 0 Å². The molecule has 1 amide bonds. The molecule has 2 rings (SSSR count). The number of ether oxygens (including phenoxy) is 2. The Morgan fingerprint density at radius 3 is 2.79 bits per heavy atom. The Labute approximate surface area is 112 Å². The number of carbonyl (C=O) groups is 2. The highest BCUT2D eigenvalue weighted by Gasteiger charge is 2.25. The zero-order chi connectivity index (χ0) is 13.8. The van der Waals surface area contributed by atoms with Crippen LogP contribution in [-0.2, 0) is 20.7 Å². The van der Waals surface area contributed by atoms with Crippen molar-refractivity contribution in [3.63, 3.8) is 0 Å². The van der Waals surface area contributed by atoms with E-state index in [2.05, 4.69) is 0 Å². The van der Waals surface area contributed by atoms with Crippen LogP contribution in [0.1, 0.15) is 22.3 Å². The van der Waals surface area contributed by atoms with Crippen LogP contribution in [-0.4, -0.2) is 39.2 Å². The number of esters is 1. The molecule has 0 aromatic heterocycles. The number of carbonyl (C=O) groups excluding carboxylic acids is 2. The molecule has 0 saturated heterocycles. The maximum Gasteiger partial charge on any atom is 0.338 e. The maximum atomic E-state index is 12.0. The molecule has 0 spiro atoms. The van der Waals surface area contributed by atoms with Crippen LogP contribution in [0.2, 0.25) is 0 Å². The average Bonchev–Trinajstić information content (AvgIpc) is 2.45. The van der Waals surface area contributed by atoms with E-state index in [0.29, 0.717) is 12.1 Å². The number of hydrogen-bond acceptors (Lipinski definition) is 4. The summed E-state index contributed by atoms with van der Waals surface area (Å²) in [5.74, 6) is -0.455. The Balaban J connectivity index is 2.40. The minimum absolute atomic E-state index is 0.0435. The molecule has 102 valence electrons. The van der Waals surface area contributed by atoms with E-state index in [9.17, 15) is 9.59 Å². The smallest absolute Gasteiger partial charge is 0.338 e. The summed E-state index contributed by atoms with van der Waals surface area (Å²) >= 11 is 0. The average molecular weight is 263 g/mol. The molecule has 0 atom stereocenters. The fourth-order valence-electron chi connectivity index (χ4n) is 2.39. The predicted molar refractivity (Wildman–Crippen MR) is 70.3 cm³/mol. The van der Waals surface area contributed by atoms with Gasteiger partial charge in [-0.15, -0.1) is 0 Å². The van der Waals surface area contributed by atoms with Gasteiger partial charge in [-0.05, 0) is 30.5 Å². The fraction of sp³-hybridized carbons (Fsp3) is 0.429. The maximum absolute atomic E-state index is 12.0. The molecule has 0 bridgehead atoms. The standard InChI is InChI=1S/C14H17NO4/c1-18-9-13(16)15-8-4-6-10-11(14(17)19-2)5-3-7-12(10)15/h3,5,7H,4,6,8-9H2,1-2H3. The number of anilines is 1. The Bertz CT molecular complexity index is 498. The van der Waals surface area contributed by atoms with Gasteiger partial charge >= 0.3 is 5.97 Å². The number of methoxy groups -OCH3 is 2. The fourth-order valence-corrected chi connectivity index (χ4v) is 2.39. The first-order valence-corrected chi connectivity index (χ1v) is 6.18. The molecule has 1 aliphatic rings. The van der Waals surface area contributed by atoms with Gasteiger partial charge < -0.3 is 14.4 Å². The lowest BCUT2D eigenvalue weighted by atomic mass is 9.96. The van der Waals surface area contributed by atoms with Crippen LogP contribution in [0.5, 0.6) is 0 Å². The number of amides is 1. The molecule has 1 aliphatic heterocycles. The molecule has 0 fully saturated rings. The second kappa shape index (κ2) is 5.84. The molecule has 1 aromatic rings. The van der Waals surface area contributed by atoms with Crippen LogP contribution in [0.25, 0.3) is 0 Å². The highest BCUT2D eigenvalue weighted by Crippen LogP contribution is 2.30. The summed E-state index contributed by atoms with van der Waals surface area (Å²) in [5.41, 5.74) is 2.20. The summed E-state index contributed by atoms with van der Waals surface area (Å²) in [6, 6.07) is 5.35. The van der Waals surface area contributed by atoms with Gasteiger partial charge in [-0.2, -0.15) is 0 Å². The Kier molecular flexibility index (Phi) is 4.16. The van der Waals surface area contributed by atoms with Gasteiger partial charge in [0.25, 0.3) is 5.91 Å². The second-order valence-electron chi connectivity index (χ2n) is 4.38. The molecular weight excluding hydrogens is 246 g/mol. The number of rotatable bonds is 3. The van der Waals surface area contributed by atoms with E-state index in [4.69, 9.17) is 9.47 Å². The van der Waals surface area contributed by atoms with Crippen molar-refractivity contribution in [3.8, 4) is 0 Å². The summed E-state index contributed by atoms with van der Waals surface area (Å²) in [7, 11) is 2.85. The Hall–Kier alpha value is -1.88. The van der Waals surface area contributed by atoms with Gasteiger partial charge in [0, 0.05) is 19.3 Å². The Morgan fingerprint density at radius 2 is 2.11 bits per heavy atom. The van der Waals surface area contributed by atoms with Crippen molar-refractivity contribution in [2.45, 2.75) is 12.8 Å². The molecule has 1 heterocycles. The van der Waals surface area contributed by atoms with Crippen LogP contribution in [0, 0.1) is 0 Å². The molecular formula is C14H17NO4. The summed E-state index contributed by atoms with van der Waals surface area (Å²) in [6.45, 7) is 0.696. The second-order valence-corrected chi connectivity index (χ2v) is 4.38. The van der Waals surface area contributed by atoms with Crippen LogP contribution < -0.4 is 4.90 Å². The minimum Gasteiger partial charge on any atom is -0.465 e. The topological polar surface area (TPSA) is 55.8 Å². The molecule has 5 heteroatoms. The number of hydrogen-bond donors (Lipinski definition) is 0. The van der Waals surface area contributed by atoms with E-state index >= 15 is 0 Å². The largest absolute Gasteiger partial charge is 0.465 e. The third kappa shape index (κ3) is 2.61. The highest BCUT2D eigenvalue weighted by molar-refractivity contribution is 5.99. The van der Waals surface area contributed by atoms with Crippen molar-refractivity contribution in [1.29, 1.82) is 0 Å². The van der Waals surface area contributed by atoms with Crippen LogP contribution in [0.15, 0.2) is 18.2 Å². The lowest BCUT2D eigenvalue weighted by molar-refractivity contribution is -0.122. The normalized spacial score (nSPS) is 13.9. The van der Waals surface area contributed by atoms with Gasteiger partial charge in [0.05, 0.1) is 12.7 Å². The summed E-state index contributed by atoms with van der Waals surface area (Å²) < 4.78 is 9.67. The van der Waals surface area contributed by atoms with Gasteiger partial charge in [-0.1, -0.05) is 6.07 Å². The molecule has 19 heavy (non-hydrogen) atoms. The monoisotopic (exact) mass is 263 g/mol. The molecule has 0 aliphatic carbocycles. The van der Waals surface area contributed by atoms with Gasteiger partial charge in [0.1, 0.15) is 6.61 Å². The molecule has 0 unspecified atom stereocenters. The first-order valence-electron chi connectivity index (χ1n) is 6.18. The molecule has 0 N–H and O–H groups in total. The van der Waals surface area contributed by atoms with E-state index in [1.54, 1.807) is 17.0 Å². The molecule has 0 saturated carbocycles. The lowest BCUT2D eigenvalue weighted by Crippen LogP contribution is -2.38. The number of nitrogens with zero attached hydrogens (tertiary/aromatic N) is 1. The number of benzene rings is 1. The summed E-state index contributed by atoms with van der Waals surface area (Å²) in [5, 5.41) is 0. The zero-order valence-electron chi connectivity index (χ0n) is 11.1. The van der Waals surface area contributed by atoms with Gasteiger partial charge in [0.2, 0.25) is 0 Å². The third-order valence-corrected chi connectivity index (χ3v) is 3.22. The molecule has 5 nitrogen and oxygen atoms in total. The number of fused-ring (bicyclic) bond motifs is 1. The van der Waals surface area contributed by atoms with Crippen molar-refractivity contribution in [2.75, 3.05) is 32.3 Å². The van der Waals surface area contributed by atoms with E-state index in [-0.39, 0.29) is 18.5 Å². The van der Waals surface area contributed by atoms with Crippen molar-refractivity contribution in [1.82, 2.24) is 0 Å². The van der Waals surface area contributed by atoms with E-state index in [0.717, 1.165) is 24.1 Å². The Morgan fingerprint density at radius 1 is 1.32 bits per heavy atom. The van der Waals surface area contributed by atoms with Gasteiger partial charge in [-0.3, -0.25) is 4.79 Å². The SMILES string of the molecule is COCC(=O)N1CCCc2c(C(=O)OC)cccc21. The van der Waals surface area contributed by atoms with Gasteiger partial charge in [-0.25, -0.2) is 4.79 Å². The van der Waals surface area contributed by atoms with Crippen molar-refractivity contribution < 1.29 is 19.1 Å². The van der Waals surface area contributed by atoms with E-state index in [1.807, 2.05) is 6.07 Å². The molecule has 1 aromatic carbocycles. The van der Waals surface area contributed by atoms with Crippen molar-refractivity contribution >= 4 is 17.6 Å². The first kappa shape index (κ1) is 13.5. The van der Waals surface area contributed by atoms with Crippen LogP contribution >= 0.6 is 0 Å². The van der Waals surface area contributed by atoms with E-state index < -0.39 is 0 Å². The quantitative estimate of drug-likeness (QED) is 0.773. The predicted octanol–water partition coefficient (Wildman–Crippen LogP) is 1.40. The van der Waals surface area contributed by atoms with Crippen molar-refractivity contribution in [2.24, 2.45) is 0 Å². The lowest BCUT2D eigenvalue weighted by Gasteiger charge is -2.30.